The second-order valence-electron chi connectivity index (χ2n) is 9.62. The maximum absolute atomic E-state index is 13.5. The van der Waals surface area contributed by atoms with Crippen molar-refractivity contribution in [3.05, 3.63) is 113 Å². The van der Waals surface area contributed by atoms with E-state index < -0.39 is 0 Å². The van der Waals surface area contributed by atoms with E-state index in [0.29, 0.717) is 24.2 Å². The number of hydrogen-bond acceptors (Lipinski definition) is 6. The van der Waals surface area contributed by atoms with E-state index in [-0.39, 0.29) is 25.2 Å². The van der Waals surface area contributed by atoms with Gasteiger partial charge in [0.05, 0.1) is 24.3 Å². The molecule has 0 radical (unpaired) electrons. The molecular weight excluding hydrogens is 542 g/mol. The first kappa shape index (κ1) is 30.7. The SMILES string of the molecule is C=Cc1c(/C=C\C)cc(C(=O)OCC)c2c1-c1c(c(C(=O)OCC)cc3ccccc13)CN(c1ccccc1)C2.CS. The number of fused-ring (bicyclic) bond motifs is 5. The molecular formula is C36H37NO4S. The molecule has 0 saturated heterocycles. The Kier molecular flexibility index (Phi) is 10.3. The van der Waals surface area contributed by atoms with Crippen molar-refractivity contribution in [2.45, 2.75) is 33.9 Å². The number of hydrogen-bond donors (Lipinski definition) is 1. The van der Waals surface area contributed by atoms with Gasteiger partial charge in [-0.3, -0.25) is 0 Å². The average Bonchev–Trinajstić information content (AvgIpc) is 3.20. The molecule has 1 aliphatic rings. The summed E-state index contributed by atoms with van der Waals surface area (Å²) in [5, 5.41) is 1.92. The van der Waals surface area contributed by atoms with Crippen LogP contribution in [0.4, 0.5) is 5.69 Å². The Morgan fingerprint density at radius 1 is 0.857 bits per heavy atom. The molecule has 0 fully saturated rings. The highest BCUT2D eigenvalue weighted by molar-refractivity contribution is 7.79. The predicted octanol–water partition coefficient (Wildman–Crippen LogP) is 8.60. The standard InChI is InChI=1S/C35H33NO4.CH4S/c1-5-14-23-19-28(34(37)39-7-3)30-21-36(25-16-10-9-11-17-25)22-31-29(35(38)40-8-4)20-24-15-12-13-18-27(24)33(31)32(30)26(23)6-2;1-2/h5-6,9-20H,2,7-8,21-22H2,1,3-4H3;2H,1H3/b14-5-;. The largest absolute Gasteiger partial charge is 0.462 e. The van der Waals surface area contributed by atoms with Crippen LogP contribution in [0, 0.1) is 0 Å². The van der Waals surface area contributed by atoms with Gasteiger partial charge in [-0.05, 0) is 95.4 Å². The van der Waals surface area contributed by atoms with Crippen LogP contribution in [-0.4, -0.2) is 31.4 Å². The van der Waals surface area contributed by atoms with Crippen molar-refractivity contribution >= 4 is 53.2 Å². The van der Waals surface area contributed by atoms with Crippen LogP contribution in [-0.2, 0) is 22.6 Å². The molecule has 1 aliphatic heterocycles. The van der Waals surface area contributed by atoms with Gasteiger partial charge < -0.3 is 14.4 Å². The molecule has 5 rings (SSSR count). The fourth-order valence-electron chi connectivity index (χ4n) is 5.63. The van der Waals surface area contributed by atoms with Crippen LogP contribution in [0.5, 0.6) is 0 Å². The molecule has 0 amide bonds. The summed E-state index contributed by atoms with van der Waals surface area (Å²) in [6.45, 7) is 11.2. The number of thiol groups is 1. The Bertz CT molecular complexity index is 1640. The van der Waals surface area contributed by atoms with E-state index in [4.69, 9.17) is 9.47 Å². The molecule has 42 heavy (non-hydrogen) atoms. The first-order valence-corrected chi connectivity index (χ1v) is 15.0. The Hall–Kier alpha value is -4.29. The monoisotopic (exact) mass is 579 g/mol. The van der Waals surface area contributed by atoms with Crippen LogP contribution in [0.3, 0.4) is 0 Å². The average molecular weight is 580 g/mol. The zero-order chi connectivity index (χ0) is 30.2. The van der Waals surface area contributed by atoms with Crippen LogP contribution in [0.2, 0.25) is 0 Å². The van der Waals surface area contributed by atoms with Crippen LogP contribution in [0.15, 0.2) is 79.4 Å². The lowest BCUT2D eigenvalue weighted by atomic mass is 9.82. The Balaban J connectivity index is 0.00000198. The van der Waals surface area contributed by atoms with E-state index in [1.807, 2.05) is 99.7 Å². The van der Waals surface area contributed by atoms with E-state index in [9.17, 15) is 9.59 Å². The van der Waals surface area contributed by atoms with E-state index in [1.54, 1.807) is 6.26 Å². The van der Waals surface area contributed by atoms with Crippen LogP contribution >= 0.6 is 12.6 Å². The molecule has 0 bridgehead atoms. The van der Waals surface area contributed by atoms with Crippen molar-refractivity contribution in [3.8, 4) is 11.1 Å². The lowest BCUT2D eigenvalue weighted by Crippen LogP contribution is -2.24. The lowest BCUT2D eigenvalue weighted by Gasteiger charge is -2.25. The number of anilines is 1. The second-order valence-corrected chi connectivity index (χ2v) is 9.62. The van der Waals surface area contributed by atoms with E-state index in [1.165, 1.54) is 0 Å². The highest BCUT2D eigenvalue weighted by Gasteiger charge is 2.32. The van der Waals surface area contributed by atoms with Gasteiger partial charge in [0.15, 0.2) is 0 Å². The molecule has 216 valence electrons. The second kappa shape index (κ2) is 14.1. The topological polar surface area (TPSA) is 55.8 Å². The number of ether oxygens (including phenoxy) is 2. The van der Waals surface area contributed by atoms with Crippen molar-refractivity contribution in [2.24, 2.45) is 0 Å². The molecule has 6 heteroatoms. The number of carbonyl (C=O) groups is 2. The smallest absolute Gasteiger partial charge is 0.338 e. The maximum Gasteiger partial charge on any atom is 0.338 e. The van der Waals surface area contributed by atoms with Gasteiger partial charge in [-0.25, -0.2) is 9.59 Å². The van der Waals surface area contributed by atoms with Gasteiger partial charge >= 0.3 is 11.9 Å². The van der Waals surface area contributed by atoms with Gasteiger partial charge in [0.2, 0.25) is 0 Å². The summed E-state index contributed by atoms with van der Waals surface area (Å²) in [6, 6.07) is 21.9. The third kappa shape index (κ3) is 5.86. The summed E-state index contributed by atoms with van der Waals surface area (Å²) in [5.74, 6) is -0.737. The van der Waals surface area contributed by atoms with E-state index in [2.05, 4.69) is 30.2 Å². The van der Waals surface area contributed by atoms with Gasteiger partial charge in [-0.15, -0.1) is 0 Å². The van der Waals surface area contributed by atoms with Gasteiger partial charge in [0.1, 0.15) is 0 Å². The molecule has 5 nitrogen and oxygen atoms in total. The number of carbonyl (C=O) groups excluding carboxylic acids is 2. The number of rotatable bonds is 7. The number of nitrogens with zero attached hydrogens (tertiary/aromatic N) is 1. The Labute approximate surface area is 253 Å². The molecule has 0 aliphatic carbocycles. The summed E-state index contributed by atoms with van der Waals surface area (Å²) < 4.78 is 11.1. The minimum Gasteiger partial charge on any atom is -0.462 e. The lowest BCUT2D eigenvalue weighted by molar-refractivity contribution is 0.0515. The highest BCUT2D eigenvalue weighted by Crippen LogP contribution is 2.45. The van der Waals surface area contributed by atoms with Gasteiger partial charge in [0.25, 0.3) is 0 Å². The zero-order valence-corrected chi connectivity index (χ0v) is 25.5. The van der Waals surface area contributed by atoms with Crippen LogP contribution in [0.1, 0.15) is 63.7 Å². The van der Waals surface area contributed by atoms with Crippen LogP contribution in [0.25, 0.3) is 34.1 Å². The third-order valence-corrected chi connectivity index (χ3v) is 7.27. The molecule has 0 aromatic heterocycles. The molecule has 0 saturated carbocycles. The first-order chi connectivity index (χ1) is 20.5. The fourth-order valence-corrected chi connectivity index (χ4v) is 5.63. The summed E-state index contributed by atoms with van der Waals surface area (Å²) in [5.41, 5.74) is 7.30. The van der Waals surface area contributed by atoms with Crippen molar-refractivity contribution in [1.29, 1.82) is 0 Å². The van der Waals surface area contributed by atoms with Crippen molar-refractivity contribution in [3.63, 3.8) is 0 Å². The number of allylic oxidation sites excluding steroid dienone is 1. The van der Waals surface area contributed by atoms with Crippen molar-refractivity contribution < 1.29 is 19.1 Å². The summed E-state index contributed by atoms with van der Waals surface area (Å²) in [6.07, 6.45) is 7.47. The Morgan fingerprint density at radius 3 is 2.02 bits per heavy atom. The summed E-state index contributed by atoms with van der Waals surface area (Å²) in [4.78, 5) is 29.2. The molecule has 4 aromatic carbocycles. The molecule has 0 spiro atoms. The Morgan fingerprint density at radius 2 is 1.43 bits per heavy atom. The number of benzene rings is 4. The molecule has 1 heterocycles. The van der Waals surface area contributed by atoms with Crippen LogP contribution < -0.4 is 4.90 Å². The van der Waals surface area contributed by atoms with Crippen molar-refractivity contribution in [2.75, 3.05) is 24.4 Å². The third-order valence-electron chi connectivity index (χ3n) is 7.27. The minimum atomic E-state index is -0.373. The predicted molar refractivity (Wildman–Crippen MR) is 177 cm³/mol. The summed E-state index contributed by atoms with van der Waals surface area (Å²) >= 11 is 3.53. The molecule has 0 atom stereocenters. The van der Waals surface area contributed by atoms with Crippen molar-refractivity contribution in [1.82, 2.24) is 0 Å². The minimum absolute atomic E-state index is 0.269. The molecule has 4 aromatic rings. The quantitative estimate of drug-likeness (QED) is 0.176. The zero-order valence-electron chi connectivity index (χ0n) is 24.6. The molecule has 0 N–H and O–H groups in total. The van der Waals surface area contributed by atoms with E-state index in [0.717, 1.165) is 49.8 Å². The summed E-state index contributed by atoms with van der Waals surface area (Å²) in [7, 11) is 0. The van der Waals surface area contributed by atoms with Gasteiger partial charge in [-0.1, -0.05) is 67.3 Å². The van der Waals surface area contributed by atoms with Gasteiger partial charge in [-0.2, -0.15) is 12.6 Å². The van der Waals surface area contributed by atoms with E-state index >= 15 is 0 Å². The highest BCUT2D eigenvalue weighted by atomic mass is 32.1. The van der Waals surface area contributed by atoms with Gasteiger partial charge in [0, 0.05) is 18.8 Å². The number of para-hydroxylation sites is 1. The fraction of sp³-hybridized carbons (Fsp3) is 0.222. The maximum atomic E-state index is 13.5. The number of esters is 2. The normalized spacial score (nSPS) is 12.1. The first-order valence-electron chi connectivity index (χ1n) is 14.1. The molecule has 0 unspecified atom stereocenters.